The van der Waals surface area contributed by atoms with E-state index in [1.807, 2.05) is 48.5 Å². The summed E-state index contributed by atoms with van der Waals surface area (Å²) in [5, 5.41) is 10.4. The highest BCUT2D eigenvalue weighted by molar-refractivity contribution is 7.98. The van der Waals surface area contributed by atoms with Crippen molar-refractivity contribution in [3.8, 4) is 17.1 Å². The molecule has 0 saturated carbocycles. The van der Waals surface area contributed by atoms with Crippen LogP contribution < -0.4 is 0 Å². The number of rotatable bonds is 5. The highest BCUT2D eigenvalue weighted by atomic mass is 35.5. The van der Waals surface area contributed by atoms with Gasteiger partial charge in [-0.2, -0.15) is 0 Å². The Kier molecular flexibility index (Phi) is 5.04. The Bertz CT molecular complexity index is 1000. The number of aromatic nitrogens is 3. The number of hydrogen-bond donors (Lipinski definition) is 0. The lowest BCUT2D eigenvalue weighted by Gasteiger charge is -2.10. The topological polar surface area (TPSA) is 30.7 Å². The van der Waals surface area contributed by atoms with Crippen molar-refractivity contribution in [2.45, 2.75) is 10.9 Å². The van der Waals surface area contributed by atoms with Crippen molar-refractivity contribution in [2.24, 2.45) is 0 Å². The maximum atomic E-state index is 6.18. The summed E-state index contributed by atoms with van der Waals surface area (Å²) >= 11 is 7.85. The van der Waals surface area contributed by atoms with E-state index in [0.717, 1.165) is 28.0 Å². The molecule has 0 bridgehead atoms. The van der Waals surface area contributed by atoms with E-state index in [4.69, 9.17) is 11.6 Å². The molecule has 0 unspecified atom stereocenters. The lowest BCUT2D eigenvalue weighted by atomic mass is 10.2. The van der Waals surface area contributed by atoms with Crippen LogP contribution in [0.25, 0.3) is 17.1 Å². The molecule has 128 valence electrons. The van der Waals surface area contributed by atoms with E-state index in [9.17, 15) is 0 Å². The van der Waals surface area contributed by atoms with Gasteiger partial charge in [-0.15, -0.1) is 10.2 Å². The minimum Gasteiger partial charge on any atom is -0.270 e. The summed E-state index contributed by atoms with van der Waals surface area (Å²) < 4.78 is 2.08. The van der Waals surface area contributed by atoms with E-state index >= 15 is 0 Å². The number of thioether (sulfide) groups is 1. The smallest absolute Gasteiger partial charge is 0.196 e. The first-order chi connectivity index (χ1) is 12.8. The Morgan fingerprint density at radius 1 is 0.808 bits per heavy atom. The first-order valence-electron chi connectivity index (χ1n) is 8.25. The Morgan fingerprint density at radius 3 is 2.27 bits per heavy atom. The standard InChI is InChI=1S/C21H16ClN3S/c22-18-11-7-10-17(14-18)20-23-24-21(25(20)19-12-5-2-6-13-19)26-15-16-8-3-1-4-9-16/h1-14H,15H2. The molecule has 1 aromatic heterocycles. The summed E-state index contributed by atoms with van der Waals surface area (Å²) in [6.45, 7) is 0. The molecular formula is C21H16ClN3S. The Morgan fingerprint density at radius 2 is 1.54 bits per heavy atom. The van der Waals surface area contributed by atoms with Gasteiger partial charge >= 0.3 is 0 Å². The molecule has 0 radical (unpaired) electrons. The number of benzene rings is 3. The van der Waals surface area contributed by atoms with Crippen LogP contribution in [0.3, 0.4) is 0 Å². The second kappa shape index (κ2) is 7.77. The monoisotopic (exact) mass is 377 g/mol. The fourth-order valence-corrected chi connectivity index (χ4v) is 3.81. The van der Waals surface area contributed by atoms with Gasteiger partial charge in [0.1, 0.15) is 0 Å². The van der Waals surface area contributed by atoms with Crippen LogP contribution >= 0.6 is 23.4 Å². The summed E-state index contributed by atoms with van der Waals surface area (Å²) in [6, 6.07) is 28.2. The molecule has 0 aliphatic rings. The van der Waals surface area contributed by atoms with Crippen LogP contribution in [0.1, 0.15) is 5.56 Å². The predicted molar refractivity (Wildman–Crippen MR) is 108 cm³/mol. The Hall–Kier alpha value is -2.56. The molecule has 0 amide bonds. The van der Waals surface area contributed by atoms with E-state index in [2.05, 4.69) is 51.2 Å². The average molecular weight is 378 g/mol. The third kappa shape index (κ3) is 3.66. The molecule has 4 aromatic rings. The summed E-state index contributed by atoms with van der Waals surface area (Å²) in [5.74, 6) is 1.62. The fraction of sp³-hybridized carbons (Fsp3) is 0.0476. The minimum absolute atomic E-state index is 0.684. The predicted octanol–water partition coefficient (Wildman–Crippen LogP) is 5.88. The number of hydrogen-bond acceptors (Lipinski definition) is 3. The fourth-order valence-electron chi connectivity index (χ4n) is 2.71. The van der Waals surface area contributed by atoms with Crippen molar-refractivity contribution in [1.82, 2.24) is 14.8 Å². The van der Waals surface area contributed by atoms with Crippen LogP contribution in [0.15, 0.2) is 90.1 Å². The number of para-hydroxylation sites is 1. The normalized spacial score (nSPS) is 10.8. The molecule has 26 heavy (non-hydrogen) atoms. The molecule has 3 aromatic carbocycles. The van der Waals surface area contributed by atoms with E-state index < -0.39 is 0 Å². The van der Waals surface area contributed by atoms with Crippen LogP contribution in [-0.4, -0.2) is 14.8 Å². The van der Waals surface area contributed by atoms with Gasteiger partial charge in [-0.3, -0.25) is 4.57 Å². The summed E-state index contributed by atoms with van der Waals surface area (Å²) in [7, 11) is 0. The Balaban J connectivity index is 1.75. The number of halogens is 1. The SMILES string of the molecule is Clc1cccc(-c2nnc(SCc3ccccc3)n2-c2ccccc2)c1. The minimum atomic E-state index is 0.684. The molecule has 5 heteroatoms. The van der Waals surface area contributed by atoms with Gasteiger partial charge in [-0.25, -0.2) is 0 Å². The zero-order valence-corrected chi connectivity index (χ0v) is 15.5. The molecule has 3 nitrogen and oxygen atoms in total. The Labute approximate surface area is 161 Å². The van der Waals surface area contributed by atoms with Gasteiger partial charge in [0.15, 0.2) is 11.0 Å². The molecule has 1 heterocycles. The van der Waals surface area contributed by atoms with Gasteiger partial charge < -0.3 is 0 Å². The van der Waals surface area contributed by atoms with Crippen molar-refractivity contribution < 1.29 is 0 Å². The molecule has 0 aliphatic carbocycles. The van der Waals surface area contributed by atoms with Crippen LogP contribution in [0, 0.1) is 0 Å². The lowest BCUT2D eigenvalue weighted by molar-refractivity contribution is 0.886. The second-order valence-corrected chi connectivity index (χ2v) is 7.14. The van der Waals surface area contributed by atoms with Gasteiger partial charge in [0.05, 0.1) is 0 Å². The largest absolute Gasteiger partial charge is 0.270 e. The molecule has 0 atom stereocenters. The highest BCUT2D eigenvalue weighted by Gasteiger charge is 2.16. The van der Waals surface area contributed by atoms with Crippen LogP contribution in [-0.2, 0) is 5.75 Å². The maximum absolute atomic E-state index is 6.18. The van der Waals surface area contributed by atoms with Gasteiger partial charge in [-0.1, -0.05) is 84.0 Å². The van der Waals surface area contributed by atoms with E-state index in [-0.39, 0.29) is 0 Å². The molecule has 0 saturated heterocycles. The van der Waals surface area contributed by atoms with Crippen molar-refractivity contribution in [3.05, 3.63) is 95.5 Å². The molecule has 4 rings (SSSR count). The van der Waals surface area contributed by atoms with Gasteiger partial charge in [0.2, 0.25) is 0 Å². The molecule has 0 spiro atoms. The third-order valence-corrected chi connectivity index (χ3v) is 5.18. The van der Waals surface area contributed by atoms with E-state index in [0.29, 0.717) is 5.02 Å². The van der Waals surface area contributed by atoms with Gasteiger partial charge in [-0.05, 0) is 29.8 Å². The average Bonchev–Trinajstić information content (AvgIpc) is 3.12. The molecule has 0 N–H and O–H groups in total. The van der Waals surface area contributed by atoms with E-state index in [1.165, 1.54) is 5.56 Å². The second-order valence-electron chi connectivity index (χ2n) is 5.76. The summed E-state index contributed by atoms with van der Waals surface area (Å²) in [5.41, 5.74) is 3.23. The highest BCUT2D eigenvalue weighted by Crippen LogP contribution is 2.30. The van der Waals surface area contributed by atoms with Crippen LogP contribution in [0.5, 0.6) is 0 Å². The first-order valence-corrected chi connectivity index (χ1v) is 9.61. The first kappa shape index (κ1) is 16.9. The van der Waals surface area contributed by atoms with Gasteiger partial charge in [0.25, 0.3) is 0 Å². The molecule has 0 aliphatic heterocycles. The lowest BCUT2D eigenvalue weighted by Crippen LogP contribution is -1.99. The number of nitrogens with zero attached hydrogens (tertiary/aromatic N) is 3. The van der Waals surface area contributed by atoms with Gasteiger partial charge in [0, 0.05) is 22.0 Å². The van der Waals surface area contributed by atoms with Crippen molar-refractivity contribution in [2.75, 3.05) is 0 Å². The molecule has 0 fully saturated rings. The summed E-state index contributed by atoms with van der Waals surface area (Å²) in [4.78, 5) is 0. The zero-order chi connectivity index (χ0) is 17.8. The van der Waals surface area contributed by atoms with E-state index in [1.54, 1.807) is 11.8 Å². The third-order valence-electron chi connectivity index (χ3n) is 3.94. The quantitative estimate of drug-likeness (QED) is 0.407. The van der Waals surface area contributed by atoms with Crippen molar-refractivity contribution in [3.63, 3.8) is 0 Å². The summed E-state index contributed by atoms with van der Waals surface area (Å²) in [6.07, 6.45) is 0. The maximum Gasteiger partial charge on any atom is 0.196 e. The van der Waals surface area contributed by atoms with Crippen molar-refractivity contribution >= 4 is 23.4 Å². The zero-order valence-electron chi connectivity index (χ0n) is 13.9. The molecular weight excluding hydrogens is 362 g/mol. The van der Waals surface area contributed by atoms with Crippen LogP contribution in [0.2, 0.25) is 5.02 Å². The van der Waals surface area contributed by atoms with Crippen LogP contribution in [0.4, 0.5) is 0 Å². The van der Waals surface area contributed by atoms with Crippen molar-refractivity contribution in [1.29, 1.82) is 0 Å².